The van der Waals surface area contributed by atoms with E-state index in [4.69, 9.17) is 23.8 Å². The second-order valence-corrected chi connectivity index (χ2v) is 5.98. The molecule has 4 rings (SSSR count). The zero-order valence-electron chi connectivity index (χ0n) is 12.0. The predicted octanol–water partition coefficient (Wildman–Crippen LogP) is 5.61. The van der Waals surface area contributed by atoms with Crippen LogP contribution in [0, 0.1) is 4.77 Å². The highest BCUT2D eigenvalue weighted by molar-refractivity contribution is 7.71. The summed E-state index contributed by atoms with van der Waals surface area (Å²) in [4.78, 5) is 10.9. The molecule has 0 saturated heterocycles. The minimum atomic E-state index is 0.427. The van der Waals surface area contributed by atoms with Crippen LogP contribution in [0.1, 0.15) is 0 Å². The third-order valence-electron chi connectivity index (χ3n) is 3.73. The molecule has 23 heavy (non-hydrogen) atoms. The maximum absolute atomic E-state index is 6.54. The first-order chi connectivity index (χ1) is 11.2. The lowest BCUT2D eigenvalue weighted by Gasteiger charge is -2.05. The molecule has 0 bridgehead atoms. The Morgan fingerprint density at radius 2 is 1.65 bits per heavy atom. The highest BCUT2D eigenvalue weighted by Crippen LogP contribution is 2.34. The van der Waals surface area contributed by atoms with E-state index in [2.05, 4.69) is 15.0 Å². The van der Waals surface area contributed by atoms with Gasteiger partial charge in [-0.25, -0.2) is 4.98 Å². The number of fused-ring (bicyclic) bond motifs is 1. The van der Waals surface area contributed by atoms with Crippen molar-refractivity contribution in [1.82, 2.24) is 15.0 Å². The fraction of sp³-hybridized carbons (Fsp3) is 0. The van der Waals surface area contributed by atoms with Crippen LogP contribution < -0.4 is 0 Å². The van der Waals surface area contributed by atoms with Crippen molar-refractivity contribution < 1.29 is 0 Å². The number of rotatable bonds is 2. The molecular weight excluding hydrogens is 326 g/mol. The monoisotopic (exact) mass is 337 g/mol. The van der Waals surface area contributed by atoms with Crippen LogP contribution in [0.3, 0.4) is 0 Å². The summed E-state index contributed by atoms with van der Waals surface area (Å²) >= 11 is 11.8. The predicted molar refractivity (Wildman–Crippen MR) is 97.2 cm³/mol. The largest absolute Gasteiger partial charge is 0.352 e. The van der Waals surface area contributed by atoms with E-state index < -0.39 is 0 Å². The Balaban J connectivity index is 1.93. The molecule has 0 aliphatic carbocycles. The number of benzene rings is 2. The van der Waals surface area contributed by atoms with Crippen LogP contribution in [0.25, 0.3) is 33.5 Å². The van der Waals surface area contributed by atoms with E-state index in [1.165, 1.54) is 0 Å². The molecule has 0 unspecified atom stereocenters. The number of hydrogen-bond donors (Lipinski definition) is 2. The van der Waals surface area contributed by atoms with Gasteiger partial charge in [0.25, 0.3) is 0 Å². The van der Waals surface area contributed by atoms with Crippen molar-refractivity contribution >= 4 is 34.7 Å². The van der Waals surface area contributed by atoms with E-state index in [0.29, 0.717) is 9.79 Å². The van der Waals surface area contributed by atoms with Crippen molar-refractivity contribution in [3.8, 4) is 22.6 Å². The summed E-state index contributed by atoms with van der Waals surface area (Å²) in [5, 5.41) is 1.66. The zero-order valence-corrected chi connectivity index (χ0v) is 13.6. The molecule has 0 spiro atoms. The highest BCUT2D eigenvalue weighted by Gasteiger charge is 2.13. The van der Waals surface area contributed by atoms with Gasteiger partial charge in [-0.1, -0.05) is 60.1 Å². The Morgan fingerprint density at radius 1 is 0.913 bits per heavy atom. The summed E-state index contributed by atoms with van der Waals surface area (Å²) in [5.74, 6) is 0. The van der Waals surface area contributed by atoms with Crippen molar-refractivity contribution in [2.45, 2.75) is 0 Å². The van der Waals surface area contributed by atoms with E-state index in [1.807, 2.05) is 60.7 Å². The molecule has 2 heterocycles. The van der Waals surface area contributed by atoms with Gasteiger partial charge in [0.15, 0.2) is 4.77 Å². The summed E-state index contributed by atoms with van der Waals surface area (Å²) in [6.45, 7) is 0. The topological polar surface area (TPSA) is 44.5 Å². The van der Waals surface area contributed by atoms with Crippen LogP contribution >= 0.6 is 23.8 Å². The van der Waals surface area contributed by atoms with Crippen molar-refractivity contribution in [2.24, 2.45) is 0 Å². The Labute approximate surface area is 143 Å². The van der Waals surface area contributed by atoms with E-state index in [9.17, 15) is 0 Å². The maximum atomic E-state index is 6.54. The number of nitrogens with zero attached hydrogens (tertiary/aromatic N) is 1. The fourth-order valence-corrected chi connectivity index (χ4v) is 3.16. The average Bonchev–Trinajstić information content (AvgIpc) is 2.92. The molecule has 0 aliphatic rings. The van der Waals surface area contributed by atoms with Crippen LogP contribution in [-0.2, 0) is 0 Å². The summed E-state index contributed by atoms with van der Waals surface area (Å²) in [7, 11) is 0. The number of halogens is 1. The lowest BCUT2D eigenvalue weighted by atomic mass is 10.1. The molecule has 0 aliphatic heterocycles. The van der Waals surface area contributed by atoms with Gasteiger partial charge in [-0.15, -0.1) is 0 Å². The molecule has 5 heteroatoms. The van der Waals surface area contributed by atoms with E-state index in [1.54, 1.807) is 0 Å². The van der Waals surface area contributed by atoms with E-state index in [0.717, 1.165) is 33.5 Å². The van der Waals surface area contributed by atoms with Gasteiger partial charge < -0.3 is 9.97 Å². The van der Waals surface area contributed by atoms with E-state index in [-0.39, 0.29) is 0 Å². The quantitative estimate of drug-likeness (QED) is 0.467. The molecule has 3 nitrogen and oxygen atoms in total. The second-order valence-electron chi connectivity index (χ2n) is 5.21. The molecule has 4 aromatic rings. The van der Waals surface area contributed by atoms with Crippen LogP contribution in [-0.4, -0.2) is 15.0 Å². The van der Waals surface area contributed by atoms with Crippen LogP contribution in [0.4, 0.5) is 0 Å². The number of H-pyrrole nitrogens is 2. The van der Waals surface area contributed by atoms with Crippen LogP contribution in [0.15, 0.2) is 60.7 Å². The van der Waals surface area contributed by atoms with Crippen molar-refractivity contribution in [1.29, 1.82) is 0 Å². The first kappa shape index (κ1) is 14.2. The van der Waals surface area contributed by atoms with Crippen molar-refractivity contribution in [2.75, 3.05) is 0 Å². The molecule has 2 aromatic heterocycles. The SMILES string of the molecule is S=c1nc(-c2ccccc2)cc(-c2[nH]c3ccccc3c2Cl)[nH]1. The summed E-state index contributed by atoms with van der Waals surface area (Å²) in [6.07, 6.45) is 0. The summed E-state index contributed by atoms with van der Waals surface area (Å²) < 4.78 is 0.427. The normalized spacial score (nSPS) is 11.0. The molecule has 2 N–H and O–H groups in total. The molecular formula is C18H12ClN3S. The maximum Gasteiger partial charge on any atom is 0.197 e. The number of aromatic amines is 2. The van der Waals surface area contributed by atoms with Gasteiger partial charge >= 0.3 is 0 Å². The van der Waals surface area contributed by atoms with Gasteiger partial charge in [0.2, 0.25) is 0 Å². The molecule has 0 saturated carbocycles. The van der Waals surface area contributed by atoms with Gasteiger partial charge in [0.05, 0.1) is 22.1 Å². The third-order valence-corrected chi connectivity index (χ3v) is 4.31. The van der Waals surface area contributed by atoms with Crippen molar-refractivity contribution in [3.05, 3.63) is 70.5 Å². The Hall–Kier alpha value is -2.43. The van der Waals surface area contributed by atoms with Gasteiger partial charge in [0, 0.05) is 16.5 Å². The highest BCUT2D eigenvalue weighted by atomic mass is 35.5. The zero-order chi connectivity index (χ0) is 15.8. The second kappa shape index (κ2) is 5.65. The van der Waals surface area contributed by atoms with Gasteiger partial charge in [-0.3, -0.25) is 0 Å². The number of hydrogen-bond acceptors (Lipinski definition) is 2. The van der Waals surface area contributed by atoms with Crippen LogP contribution in [0.5, 0.6) is 0 Å². The average molecular weight is 338 g/mol. The Morgan fingerprint density at radius 3 is 2.43 bits per heavy atom. The number of aromatic nitrogens is 3. The number of nitrogens with one attached hydrogen (secondary N) is 2. The molecule has 0 amide bonds. The van der Waals surface area contributed by atoms with E-state index >= 15 is 0 Å². The minimum absolute atomic E-state index is 0.427. The van der Waals surface area contributed by atoms with Gasteiger partial charge in [-0.05, 0) is 24.4 Å². The summed E-state index contributed by atoms with van der Waals surface area (Å²) in [6, 6.07) is 19.8. The smallest absolute Gasteiger partial charge is 0.197 e. The fourth-order valence-electron chi connectivity index (χ4n) is 2.64. The first-order valence-electron chi connectivity index (χ1n) is 7.16. The van der Waals surface area contributed by atoms with Crippen LogP contribution in [0.2, 0.25) is 5.02 Å². The lowest BCUT2D eigenvalue weighted by Crippen LogP contribution is -1.92. The van der Waals surface area contributed by atoms with Gasteiger partial charge in [0.1, 0.15) is 0 Å². The van der Waals surface area contributed by atoms with Crippen molar-refractivity contribution in [3.63, 3.8) is 0 Å². The Kier molecular flexibility index (Phi) is 3.48. The first-order valence-corrected chi connectivity index (χ1v) is 7.94. The minimum Gasteiger partial charge on any atom is -0.352 e. The lowest BCUT2D eigenvalue weighted by molar-refractivity contribution is 1.14. The summed E-state index contributed by atoms with van der Waals surface area (Å²) in [5.41, 5.74) is 4.47. The third kappa shape index (κ3) is 2.56. The Bertz CT molecular complexity index is 1050. The molecule has 0 fully saturated rings. The molecule has 0 radical (unpaired) electrons. The molecule has 2 aromatic carbocycles. The molecule has 112 valence electrons. The molecule has 0 atom stereocenters. The van der Waals surface area contributed by atoms with Gasteiger partial charge in [-0.2, -0.15) is 0 Å². The standard InChI is InChI=1S/C18H12ClN3S/c19-16-12-8-4-5-9-13(12)20-17(16)15-10-14(21-18(23)22-15)11-6-2-1-3-7-11/h1-10,20H,(H,21,22,23). The number of para-hydroxylation sites is 1.